The topological polar surface area (TPSA) is 71.6 Å². The Morgan fingerprint density at radius 1 is 0.967 bits per heavy atom. The lowest BCUT2D eigenvalue weighted by atomic mass is 10.00. The van der Waals surface area contributed by atoms with E-state index < -0.39 is 17.4 Å². The van der Waals surface area contributed by atoms with Crippen molar-refractivity contribution in [2.24, 2.45) is 10.7 Å². The Balaban J connectivity index is 1.78. The molecule has 3 aromatic carbocycles. The maximum Gasteiger partial charge on any atom is 0.275 e. The van der Waals surface area contributed by atoms with Gasteiger partial charge in [0, 0.05) is 11.1 Å². The lowest BCUT2D eigenvalue weighted by molar-refractivity contribution is -0.122. The van der Waals surface area contributed by atoms with Crippen LogP contribution in [0.15, 0.2) is 77.8 Å². The molecule has 1 atom stereocenters. The van der Waals surface area contributed by atoms with E-state index in [4.69, 9.17) is 5.73 Å². The van der Waals surface area contributed by atoms with Crippen molar-refractivity contribution in [1.29, 1.82) is 0 Å². The molecule has 1 aliphatic rings. The van der Waals surface area contributed by atoms with E-state index in [0.29, 0.717) is 27.7 Å². The van der Waals surface area contributed by atoms with Gasteiger partial charge in [-0.1, -0.05) is 53.8 Å². The minimum Gasteiger partial charge on any atom is -0.299 e. The van der Waals surface area contributed by atoms with Crippen LogP contribution >= 0.6 is 11.3 Å². The summed E-state index contributed by atoms with van der Waals surface area (Å²) in [7, 11) is 0. The van der Waals surface area contributed by atoms with Crippen molar-refractivity contribution >= 4 is 44.0 Å². The molecular weight excluding hydrogens is 399 g/mol. The Bertz CT molecular complexity index is 1290. The van der Waals surface area contributed by atoms with Crippen molar-refractivity contribution in [3.63, 3.8) is 0 Å². The second kappa shape index (κ2) is 6.83. The highest BCUT2D eigenvalue weighted by Gasteiger charge is 2.40. The second-order valence-electron chi connectivity index (χ2n) is 7.21. The number of aliphatic imine (C=N–C) groups is 1. The minimum absolute atomic E-state index is 0.292. The summed E-state index contributed by atoms with van der Waals surface area (Å²) in [6, 6.07) is 21.3. The number of carbonyl (C=O) groups is 1. The van der Waals surface area contributed by atoms with Gasteiger partial charge in [-0.3, -0.25) is 20.4 Å². The van der Waals surface area contributed by atoms with E-state index >= 15 is 0 Å². The van der Waals surface area contributed by atoms with Gasteiger partial charge in [-0.2, -0.15) is 0 Å². The first kappa shape index (κ1) is 18.6. The number of carbonyl (C=O) groups excluding carboxylic acids is 1. The van der Waals surface area contributed by atoms with Crippen molar-refractivity contribution < 1.29 is 9.18 Å². The van der Waals surface area contributed by atoms with Crippen LogP contribution in [0.5, 0.6) is 0 Å². The van der Waals surface area contributed by atoms with Gasteiger partial charge < -0.3 is 0 Å². The van der Waals surface area contributed by atoms with Gasteiger partial charge in [0.15, 0.2) is 10.8 Å². The first-order valence-electron chi connectivity index (χ1n) is 9.39. The monoisotopic (exact) mass is 416 g/mol. The fourth-order valence-corrected chi connectivity index (χ4v) is 4.53. The Morgan fingerprint density at radius 2 is 1.63 bits per heavy atom. The summed E-state index contributed by atoms with van der Waals surface area (Å²) >= 11 is 1.39. The highest BCUT2D eigenvalue weighted by Crippen LogP contribution is 2.39. The number of halogens is 1. The number of nitrogens with two attached hydrogens (primary N) is 1. The van der Waals surface area contributed by atoms with Crippen LogP contribution in [0.2, 0.25) is 0 Å². The molecule has 1 aromatic heterocycles. The lowest BCUT2D eigenvalue weighted by Crippen LogP contribution is -2.50. The molecule has 148 valence electrons. The third-order valence-electron chi connectivity index (χ3n) is 4.98. The zero-order chi connectivity index (χ0) is 20.9. The molecule has 5 nitrogen and oxygen atoms in total. The van der Waals surface area contributed by atoms with Gasteiger partial charge in [-0.25, -0.2) is 9.37 Å². The summed E-state index contributed by atoms with van der Waals surface area (Å²) in [6.45, 7) is 1.53. The number of amides is 1. The third kappa shape index (κ3) is 2.91. The molecule has 0 bridgehead atoms. The lowest BCUT2D eigenvalue weighted by Gasteiger charge is -2.25. The van der Waals surface area contributed by atoms with Gasteiger partial charge in [0.05, 0.1) is 21.6 Å². The maximum atomic E-state index is 14.7. The van der Waals surface area contributed by atoms with Crippen molar-refractivity contribution in [1.82, 2.24) is 4.98 Å². The molecule has 2 heterocycles. The standard InChI is InChI=1S/C23H17FN4OS/c1-23(25)21(29)28(22-26-17-11-5-7-13-19(17)30-22)18-12-6-3-9-15(18)20(27-23)14-8-2-4-10-16(14)24/h2-13H,25H2,1H3. The van der Waals surface area contributed by atoms with E-state index in [0.717, 1.165) is 10.2 Å². The number of nitrogens with zero attached hydrogens (tertiary/aromatic N) is 3. The predicted octanol–water partition coefficient (Wildman–Crippen LogP) is 4.63. The number of thiazole rings is 1. The second-order valence-corrected chi connectivity index (χ2v) is 8.22. The van der Waals surface area contributed by atoms with Crippen LogP contribution in [0.4, 0.5) is 15.2 Å². The predicted molar refractivity (Wildman–Crippen MR) is 118 cm³/mol. The molecule has 0 saturated carbocycles. The summed E-state index contributed by atoms with van der Waals surface area (Å²) in [6.07, 6.45) is 0. The number of anilines is 2. The average Bonchev–Trinajstić information content (AvgIpc) is 3.13. The molecule has 0 spiro atoms. The normalized spacial score (nSPS) is 18.8. The SMILES string of the molecule is CC1(N)N=C(c2ccccc2F)c2ccccc2N(c2nc3ccccc3s2)C1=O. The van der Waals surface area contributed by atoms with Crippen molar-refractivity contribution in [2.75, 3.05) is 4.90 Å². The third-order valence-corrected chi connectivity index (χ3v) is 6.00. The van der Waals surface area contributed by atoms with Crippen LogP contribution in [-0.4, -0.2) is 22.3 Å². The molecule has 30 heavy (non-hydrogen) atoms. The molecule has 1 aliphatic heterocycles. The van der Waals surface area contributed by atoms with Gasteiger partial charge >= 0.3 is 0 Å². The summed E-state index contributed by atoms with van der Waals surface area (Å²) in [5.74, 6) is -0.858. The fraction of sp³-hybridized carbons (Fsp3) is 0.0870. The number of fused-ring (bicyclic) bond motifs is 2. The van der Waals surface area contributed by atoms with Crippen molar-refractivity contribution in [2.45, 2.75) is 12.6 Å². The zero-order valence-corrected chi connectivity index (χ0v) is 16.9. The summed E-state index contributed by atoms with van der Waals surface area (Å²) in [4.78, 5) is 24.2. The van der Waals surface area contributed by atoms with Crippen LogP contribution in [0, 0.1) is 5.82 Å². The molecule has 0 saturated heterocycles. The van der Waals surface area contributed by atoms with E-state index in [2.05, 4.69) is 9.98 Å². The molecular formula is C23H17FN4OS. The summed E-state index contributed by atoms with van der Waals surface area (Å²) in [5, 5.41) is 0.496. The summed E-state index contributed by atoms with van der Waals surface area (Å²) in [5.41, 5.74) is 7.38. The first-order valence-corrected chi connectivity index (χ1v) is 10.2. The molecule has 4 aromatic rings. The van der Waals surface area contributed by atoms with E-state index in [1.165, 1.54) is 29.2 Å². The Morgan fingerprint density at radius 3 is 2.40 bits per heavy atom. The molecule has 7 heteroatoms. The number of aromatic nitrogens is 1. The van der Waals surface area contributed by atoms with Crippen molar-refractivity contribution in [3.05, 3.63) is 89.7 Å². The van der Waals surface area contributed by atoms with Gasteiger partial charge in [0.2, 0.25) is 0 Å². The summed E-state index contributed by atoms with van der Waals surface area (Å²) < 4.78 is 15.6. The molecule has 1 unspecified atom stereocenters. The van der Waals surface area contributed by atoms with Crippen LogP contribution in [0.3, 0.4) is 0 Å². The molecule has 1 amide bonds. The van der Waals surface area contributed by atoms with Crippen LogP contribution in [0.1, 0.15) is 18.1 Å². The molecule has 5 rings (SSSR count). The fourth-order valence-electron chi connectivity index (χ4n) is 3.55. The Labute approximate surface area is 176 Å². The van der Waals surface area contributed by atoms with Gasteiger partial charge in [-0.15, -0.1) is 0 Å². The van der Waals surface area contributed by atoms with Gasteiger partial charge in [0.1, 0.15) is 5.82 Å². The molecule has 2 N–H and O–H groups in total. The number of hydrogen-bond donors (Lipinski definition) is 1. The van der Waals surface area contributed by atoms with Crippen LogP contribution in [0.25, 0.3) is 10.2 Å². The van der Waals surface area contributed by atoms with Crippen LogP contribution in [-0.2, 0) is 4.79 Å². The van der Waals surface area contributed by atoms with E-state index in [1.54, 1.807) is 24.3 Å². The van der Waals surface area contributed by atoms with Crippen LogP contribution < -0.4 is 10.6 Å². The Kier molecular flexibility index (Phi) is 4.23. The molecule has 0 aliphatic carbocycles. The van der Waals surface area contributed by atoms with Gasteiger partial charge in [-0.05, 0) is 37.3 Å². The average molecular weight is 416 g/mol. The van der Waals surface area contributed by atoms with E-state index in [9.17, 15) is 9.18 Å². The molecule has 0 fully saturated rings. The van der Waals surface area contributed by atoms with Crippen molar-refractivity contribution in [3.8, 4) is 0 Å². The number of benzodiazepines with no additional fused rings is 1. The minimum atomic E-state index is -1.60. The number of para-hydroxylation sites is 2. The highest BCUT2D eigenvalue weighted by molar-refractivity contribution is 7.22. The number of benzene rings is 3. The number of rotatable bonds is 2. The quantitative estimate of drug-likeness (QED) is 0.518. The zero-order valence-electron chi connectivity index (χ0n) is 16.0. The maximum absolute atomic E-state index is 14.7. The van der Waals surface area contributed by atoms with E-state index in [-0.39, 0.29) is 0 Å². The highest BCUT2D eigenvalue weighted by atomic mass is 32.1. The smallest absolute Gasteiger partial charge is 0.275 e. The molecule has 0 radical (unpaired) electrons. The van der Waals surface area contributed by atoms with Gasteiger partial charge in [0.25, 0.3) is 5.91 Å². The van der Waals surface area contributed by atoms with E-state index in [1.807, 2.05) is 42.5 Å². The first-order chi connectivity index (χ1) is 14.5. The largest absolute Gasteiger partial charge is 0.299 e. The number of hydrogen-bond acceptors (Lipinski definition) is 5. The Hall–Kier alpha value is -3.42.